The summed E-state index contributed by atoms with van der Waals surface area (Å²) in [6, 6.07) is 7.32. The molecule has 0 aliphatic heterocycles. The number of rotatable bonds is 12. The number of sulfonamides is 1. The van der Waals surface area contributed by atoms with Gasteiger partial charge in [0.05, 0.1) is 6.26 Å². The first-order valence-electron chi connectivity index (χ1n) is 9.30. The van der Waals surface area contributed by atoms with Crippen LogP contribution < -0.4 is 10.0 Å². The number of unbranched alkanes of at least 4 members (excludes halogenated alkanes) is 6. The van der Waals surface area contributed by atoms with Gasteiger partial charge in [-0.25, -0.2) is 22.7 Å². The molecular weight excluding hydrogens is 368 g/mol. The highest BCUT2D eigenvalue weighted by Crippen LogP contribution is 2.28. The Morgan fingerprint density at radius 3 is 2.07 bits per heavy atom. The number of nitrogens with one attached hydrogen (secondary N) is 2. The van der Waals surface area contributed by atoms with Crippen LogP contribution in [-0.2, 0) is 20.4 Å². The quantitative estimate of drug-likeness (QED) is 0.467. The van der Waals surface area contributed by atoms with Crippen LogP contribution in [0.1, 0.15) is 63.9 Å². The second-order valence-corrected chi connectivity index (χ2v) is 8.52. The third kappa shape index (κ3) is 7.99. The van der Waals surface area contributed by atoms with Crippen molar-refractivity contribution in [3.05, 3.63) is 35.9 Å². The predicted octanol–water partition coefficient (Wildman–Crippen LogP) is 3.37. The fraction of sp³-hybridized carbons (Fsp3) is 0.579. The lowest BCUT2D eigenvalue weighted by atomic mass is 9.84. The number of hydrogen-bond acceptors (Lipinski definition) is 4. The molecule has 0 spiro atoms. The Bertz CT molecular complexity index is 706. The fourth-order valence-electron chi connectivity index (χ4n) is 3.02. The molecule has 0 bridgehead atoms. The first kappa shape index (κ1) is 23.0. The van der Waals surface area contributed by atoms with E-state index in [1.54, 1.807) is 35.1 Å². The van der Waals surface area contributed by atoms with E-state index in [4.69, 9.17) is 0 Å². The third-order valence-corrected chi connectivity index (χ3v) is 4.95. The van der Waals surface area contributed by atoms with Crippen molar-refractivity contribution in [3.8, 4) is 0 Å². The van der Waals surface area contributed by atoms with Crippen molar-refractivity contribution < 1.29 is 23.1 Å². The summed E-state index contributed by atoms with van der Waals surface area (Å²) in [5, 5.41) is 12.3. The molecule has 0 radical (unpaired) electrons. The summed E-state index contributed by atoms with van der Waals surface area (Å²) < 4.78 is 24.4. The molecule has 0 saturated heterocycles. The second-order valence-electron chi connectivity index (χ2n) is 6.78. The van der Waals surface area contributed by atoms with E-state index in [0.29, 0.717) is 12.0 Å². The zero-order valence-electron chi connectivity index (χ0n) is 16.0. The lowest BCUT2D eigenvalue weighted by Crippen LogP contribution is -2.55. The highest BCUT2D eigenvalue weighted by Gasteiger charge is 2.41. The smallest absolute Gasteiger partial charge is 0.334 e. The highest BCUT2D eigenvalue weighted by molar-refractivity contribution is 7.89. The minimum absolute atomic E-state index is 0.178. The van der Waals surface area contributed by atoms with Crippen molar-refractivity contribution in [2.24, 2.45) is 0 Å². The zero-order valence-corrected chi connectivity index (χ0v) is 16.8. The van der Waals surface area contributed by atoms with Gasteiger partial charge < -0.3 is 10.4 Å². The SMILES string of the molecule is CCCCCCCCCC(NC(=O)NS(C)(=O)=O)(C(=O)O)c1ccccc1. The van der Waals surface area contributed by atoms with Crippen molar-refractivity contribution in [3.63, 3.8) is 0 Å². The van der Waals surface area contributed by atoms with Crippen LogP contribution in [0.15, 0.2) is 30.3 Å². The molecule has 1 aromatic carbocycles. The molecule has 0 aliphatic carbocycles. The van der Waals surface area contributed by atoms with Gasteiger partial charge in [0.2, 0.25) is 10.0 Å². The molecular formula is C19H30N2O5S. The van der Waals surface area contributed by atoms with E-state index in [1.165, 1.54) is 6.42 Å². The van der Waals surface area contributed by atoms with E-state index in [0.717, 1.165) is 38.4 Å². The van der Waals surface area contributed by atoms with E-state index in [1.807, 2.05) is 0 Å². The minimum Gasteiger partial charge on any atom is -0.479 e. The number of carbonyl (C=O) groups is 2. The number of aliphatic carboxylic acids is 1. The van der Waals surface area contributed by atoms with Gasteiger partial charge in [-0.1, -0.05) is 82.2 Å². The molecule has 2 amide bonds. The molecule has 1 aromatic rings. The van der Waals surface area contributed by atoms with Gasteiger partial charge in [-0.05, 0) is 12.0 Å². The molecule has 27 heavy (non-hydrogen) atoms. The molecule has 0 aliphatic rings. The Labute approximate surface area is 161 Å². The molecule has 3 N–H and O–H groups in total. The fourth-order valence-corrected chi connectivity index (χ4v) is 3.41. The average Bonchev–Trinajstić information content (AvgIpc) is 2.58. The maximum Gasteiger partial charge on any atom is 0.334 e. The summed E-state index contributed by atoms with van der Waals surface area (Å²) in [5.74, 6) is -1.22. The van der Waals surface area contributed by atoms with Crippen molar-refractivity contribution in [1.82, 2.24) is 10.0 Å². The molecule has 0 heterocycles. The second kappa shape index (κ2) is 10.9. The van der Waals surface area contributed by atoms with Gasteiger partial charge in [0.15, 0.2) is 5.54 Å². The summed E-state index contributed by atoms with van der Waals surface area (Å²) >= 11 is 0. The topological polar surface area (TPSA) is 113 Å². The molecule has 8 heteroatoms. The Morgan fingerprint density at radius 2 is 1.56 bits per heavy atom. The molecule has 0 fully saturated rings. The summed E-state index contributed by atoms with van der Waals surface area (Å²) in [6.45, 7) is 2.15. The summed E-state index contributed by atoms with van der Waals surface area (Å²) in [6.07, 6.45) is 8.08. The van der Waals surface area contributed by atoms with Crippen molar-refractivity contribution in [1.29, 1.82) is 0 Å². The van der Waals surface area contributed by atoms with E-state index in [9.17, 15) is 23.1 Å². The molecule has 1 rings (SSSR count). The van der Waals surface area contributed by atoms with Crippen molar-refractivity contribution in [2.75, 3.05) is 6.26 Å². The standard InChI is InChI=1S/C19H30N2O5S/c1-3-4-5-6-7-8-12-15-19(17(22)23,16-13-10-9-11-14-16)20-18(24)21-27(2,25)26/h9-11,13-14H,3-8,12,15H2,1-2H3,(H,22,23)(H2,20,21,24). The van der Waals surface area contributed by atoms with Crippen LogP contribution in [0.3, 0.4) is 0 Å². The number of carboxylic acids is 1. The maximum absolute atomic E-state index is 12.1. The van der Waals surface area contributed by atoms with E-state index < -0.39 is 27.6 Å². The lowest BCUT2D eigenvalue weighted by molar-refractivity contribution is -0.145. The predicted molar refractivity (Wildman–Crippen MR) is 105 cm³/mol. The maximum atomic E-state index is 12.1. The van der Waals surface area contributed by atoms with Gasteiger partial charge in [0.1, 0.15) is 0 Å². The molecule has 1 unspecified atom stereocenters. The van der Waals surface area contributed by atoms with Gasteiger partial charge in [-0.2, -0.15) is 0 Å². The third-order valence-electron chi connectivity index (χ3n) is 4.39. The number of carboxylic acid groups (broad SMARTS) is 1. The Kier molecular flexibility index (Phi) is 9.28. The zero-order chi connectivity index (χ0) is 20.3. The van der Waals surface area contributed by atoms with Crippen LogP contribution in [0.2, 0.25) is 0 Å². The van der Waals surface area contributed by atoms with Gasteiger partial charge >= 0.3 is 12.0 Å². The number of amides is 2. The van der Waals surface area contributed by atoms with Gasteiger partial charge in [-0.15, -0.1) is 0 Å². The minimum atomic E-state index is -3.80. The summed E-state index contributed by atoms with van der Waals surface area (Å²) in [7, 11) is -3.80. The highest BCUT2D eigenvalue weighted by atomic mass is 32.2. The normalized spacial score (nSPS) is 13.6. The molecule has 0 aromatic heterocycles. The number of hydrogen-bond donors (Lipinski definition) is 3. The average molecular weight is 399 g/mol. The Morgan fingerprint density at radius 1 is 1.00 bits per heavy atom. The number of benzene rings is 1. The van der Waals surface area contributed by atoms with Crippen LogP contribution in [0.5, 0.6) is 0 Å². The first-order valence-corrected chi connectivity index (χ1v) is 11.2. The van der Waals surface area contributed by atoms with Crippen LogP contribution in [0, 0.1) is 0 Å². The van der Waals surface area contributed by atoms with Gasteiger partial charge in [0.25, 0.3) is 0 Å². The monoisotopic (exact) mass is 398 g/mol. The van der Waals surface area contributed by atoms with Crippen LogP contribution in [-0.4, -0.2) is 31.8 Å². The lowest BCUT2D eigenvalue weighted by Gasteiger charge is -2.31. The number of carbonyl (C=O) groups excluding carboxylic acids is 1. The van der Waals surface area contributed by atoms with Gasteiger partial charge in [-0.3, -0.25) is 0 Å². The molecule has 0 saturated carbocycles. The largest absolute Gasteiger partial charge is 0.479 e. The number of urea groups is 1. The Balaban J connectivity index is 2.90. The molecule has 1 atom stereocenters. The molecule has 152 valence electrons. The van der Waals surface area contributed by atoms with Crippen LogP contribution in [0.25, 0.3) is 0 Å². The summed E-state index contributed by atoms with van der Waals surface area (Å²) in [5.41, 5.74) is -1.27. The summed E-state index contributed by atoms with van der Waals surface area (Å²) in [4.78, 5) is 24.2. The first-order chi connectivity index (χ1) is 12.7. The Hall–Kier alpha value is -2.09. The van der Waals surface area contributed by atoms with E-state index in [-0.39, 0.29) is 6.42 Å². The van der Waals surface area contributed by atoms with Gasteiger partial charge in [0, 0.05) is 0 Å². The van der Waals surface area contributed by atoms with Crippen molar-refractivity contribution in [2.45, 2.75) is 63.8 Å². The van der Waals surface area contributed by atoms with Crippen LogP contribution in [0.4, 0.5) is 4.79 Å². The molecule has 7 nitrogen and oxygen atoms in total. The van der Waals surface area contributed by atoms with E-state index >= 15 is 0 Å². The van der Waals surface area contributed by atoms with E-state index in [2.05, 4.69) is 12.2 Å². The van der Waals surface area contributed by atoms with Crippen LogP contribution >= 0.6 is 0 Å². The van der Waals surface area contributed by atoms with Crippen molar-refractivity contribution >= 4 is 22.0 Å².